The average Bonchev–Trinajstić information content (AvgIpc) is 3.49. The van der Waals surface area contributed by atoms with Gasteiger partial charge in [0.1, 0.15) is 11.5 Å². The second kappa shape index (κ2) is 7.92. The molecule has 3 heterocycles. The highest BCUT2D eigenvalue weighted by atomic mass is 16.4. The summed E-state index contributed by atoms with van der Waals surface area (Å²) in [6, 6.07) is 24.5. The maximum Gasteiger partial charge on any atom is 0.207 e. The molecule has 0 spiro atoms. The number of hydrogen-bond donors (Lipinski definition) is 4. The van der Waals surface area contributed by atoms with Crippen LogP contribution in [0.5, 0.6) is 5.75 Å². The molecule has 0 fully saturated rings. The van der Waals surface area contributed by atoms with E-state index in [2.05, 4.69) is 10.7 Å². The monoisotopic (exact) mass is 462 g/mol. The Kier molecular flexibility index (Phi) is 4.70. The largest absolute Gasteiger partial charge is 0.507 e. The van der Waals surface area contributed by atoms with E-state index in [4.69, 9.17) is 9.83 Å². The summed E-state index contributed by atoms with van der Waals surface area (Å²) in [5.74, 6) is 0.842. The summed E-state index contributed by atoms with van der Waals surface area (Å²) in [5, 5.41) is 24.3. The minimum Gasteiger partial charge on any atom is -0.507 e. The quantitative estimate of drug-likeness (QED) is 0.307. The number of hydrazine groups is 1. The normalized spacial score (nSPS) is 16.1. The number of rotatable bonds is 4. The van der Waals surface area contributed by atoms with Crippen molar-refractivity contribution in [3.63, 3.8) is 0 Å². The first-order valence-electron chi connectivity index (χ1n) is 11.3. The minimum atomic E-state index is -0.666. The summed E-state index contributed by atoms with van der Waals surface area (Å²) in [4.78, 5) is 13.4. The molecule has 7 heteroatoms. The maximum atomic E-state index is 13.4. The molecule has 35 heavy (non-hydrogen) atoms. The molecule has 2 aliphatic rings. The Morgan fingerprint density at radius 2 is 1.66 bits per heavy atom. The van der Waals surface area contributed by atoms with Gasteiger partial charge >= 0.3 is 0 Å². The van der Waals surface area contributed by atoms with E-state index in [1.54, 1.807) is 23.3 Å². The minimum absolute atomic E-state index is 0.0812. The van der Waals surface area contributed by atoms with Crippen molar-refractivity contribution in [2.75, 3.05) is 5.32 Å². The van der Waals surface area contributed by atoms with E-state index in [0.29, 0.717) is 22.8 Å². The Morgan fingerprint density at radius 1 is 0.971 bits per heavy atom. The van der Waals surface area contributed by atoms with Crippen LogP contribution in [0.15, 0.2) is 95.1 Å². The van der Waals surface area contributed by atoms with Crippen molar-refractivity contribution in [3.05, 3.63) is 107 Å². The van der Waals surface area contributed by atoms with E-state index in [1.807, 2.05) is 67.6 Å². The van der Waals surface area contributed by atoms with Crippen LogP contribution >= 0.6 is 0 Å². The standard InChI is InChI=1S/C28H22N4O3/c1-16-12-13-21(33)19(14-16)24(34)20-15-30-32-26(29)23-22(17-8-4-2-5-9-17)25(18-10-6-3-7-11-18)35-28(23)31-27(20)32/h2-15,27,29-31,33H,1H3/t27-/m0/s1. The molecular formula is C28H22N4O3. The van der Waals surface area contributed by atoms with Crippen LogP contribution in [0.1, 0.15) is 21.5 Å². The van der Waals surface area contributed by atoms with Crippen molar-refractivity contribution in [1.82, 2.24) is 10.4 Å². The van der Waals surface area contributed by atoms with Crippen LogP contribution in [0.3, 0.4) is 0 Å². The third-order valence-corrected chi connectivity index (χ3v) is 6.32. The van der Waals surface area contributed by atoms with E-state index in [0.717, 1.165) is 22.3 Å². The van der Waals surface area contributed by atoms with Gasteiger partial charge < -0.3 is 20.3 Å². The van der Waals surface area contributed by atoms with Gasteiger partial charge in [-0.2, -0.15) is 0 Å². The van der Waals surface area contributed by atoms with E-state index in [1.165, 1.54) is 6.07 Å². The van der Waals surface area contributed by atoms with E-state index in [-0.39, 0.29) is 22.9 Å². The Hall–Kier alpha value is -4.78. The zero-order valence-electron chi connectivity index (χ0n) is 18.9. The number of carbonyl (C=O) groups is 1. The molecule has 0 amide bonds. The van der Waals surface area contributed by atoms with Gasteiger partial charge in [0.05, 0.1) is 16.7 Å². The summed E-state index contributed by atoms with van der Waals surface area (Å²) >= 11 is 0. The molecule has 2 aliphatic heterocycles. The Bertz CT molecular complexity index is 1510. The van der Waals surface area contributed by atoms with E-state index >= 15 is 0 Å². The summed E-state index contributed by atoms with van der Waals surface area (Å²) in [5.41, 5.74) is 7.74. The number of aryl methyl sites for hydroxylation is 1. The van der Waals surface area contributed by atoms with E-state index in [9.17, 15) is 9.90 Å². The fourth-order valence-electron chi connectivity index (χ4n) is 4.62. The summed E-state index contributed by atoms with van der Waals surface area (Å²) < 4.78 is 6.34. The molecular weight excluding hydrogens is 440 g/mol. The van der Waals surface area contributed by atoms with Crippen molar-refractivity contribution < 1.29 is 14.3 Å². The molecule has 0 unspecified atom stereocenters. The molecule has 7 nitrogen and oxygen atoms in total. The molecule has 0 radical (unpaired) electrons. The van der Waals surface area contributed by atoms with Gasteiger partial charge in [0.15, 0.2) is 17.8 Å². The van der Waals surface area contributed by atoms with Crippen LogP contribution in [0.4, 0.5) is 5.88 Å². The van der Waals surface area contributed by atoms with Gasteiger partial charge in [0.25, 0.3) is 0 Å². The number of amidine groups is 1. The Balaban J connectivity index is 1.45. The number of benzene rings is 3. The zero-order valence-corrected chi connectivity index (χ0v) is 18.9. The molecule has 3 aromatic carbocycles. The Labute approximate surface area is 201 Å². The molecule has 0 saturated carbocycles. The first kappa shape index (κ1) is 20.8. The summed E-state index contributed by atoms with van der Waals surface area (Å²) in [6.07, 6.45) is 0.906. The number of hydrogen-bond acceptors (Lipinski definition) is 6. The van der Waals surface area contributed by atoms with Crippen LogP contribution in [0.25, 0.3) is 22.5 Å². The van der Waals surface area contributed by atoms with Crippen molar-refractivity contribution in [1.29, 1.82) is 5.41 Å². The van der Waals surface area contributed by atoms with Crippen molar-refractivity contribution in [2.45, 2.75) is 13.1 Å². The van der Waals surface area contributed by atoms with Crippen LogP contribution in [-0.4, -0.2) is 27.9 Å². The Morgan fingerprint density at radius 3 is 2.37 bits per heavy atom. The number of phenolic OH excluding ortho intramolecular Hbond substituents is 1. The topological polar surface area (TPSA) is 102 Å². The second-order valence-corrected chi connectivity index (χ2v) is 8.59. The molecule has 4 aromatic rings. The van der Waals surface area contributed by atoms with Crippen LogP contribution in [0, 0.1) is 12.3 Å². The van der Waals surface area contributed by atoms with Crippen molar-refractivity contribution in [3.8, 4) is 28.2 Å². The van der Waals surface area contributed by atoms with Crippen LogP contribution in [-0.2, 0) is 0 Å². The highest BCUT2D eigenvalue weighted by Crippen LogP contribution is 2.45. The van der Waals surface area contributed by atoms with E-state index < -0.39 is 6.17 Å². The third kappa shape index (κ3) is 3.28. The van der Waals surface area contributed by atoms with Crippen molar-refractivity contribution in [2.24, 2.45) is 0 Å². The predicted molar refractivity (Wildman–Crippen MR) is 134 cm³/mol. The number of nitrogens with one attached hydrogen (secondary N) is 3. The lowest BCUT2D eigenvalue weighted by Crippen LogP contribution is -2.51. The molecule has 6 rings (SSSR count). The fraction of sp³-hybridized carbons (Fsp3) is 0.0714. The maximum absolute atomic E-state index is 13.4. The number of nitrogens with zero attached hydrogens (tertiary/aromatic N) is 1. The molecule has 172 valence electrons. The third-order valence-electron chi connectivity index (χ3n) is 6.32. The number of phenols is 1. The highest BCUT2D eigenvalue weighted by molar-refractivity contribution is 6.15. The first-order chi connectivity index (χ1) is 17.0. The van der Waals surface area contributed by atoms with Gasteiger partial charge in [0.2, 0.25) is 5.88 Å². The molecule has 4 N–H and O–H groups in total. The average molecular weight is 463 g/mol. The number of anilines is 1. The molecule has 1 aromatic heterocycles. The molecule has 0 bridgehead atoms. The van der Waals surface area contributed by atoms with Gasteiger partial charge in [-0.05, 0) is 24.6 Å². The zero-order chi connectivity index (χ0) is 24.1. The van der Waals surface area contributed by atoms with Gasteiger partial charge in [-0.3, -0.25) is 10.2 Å². The smallest absolute Gasteiger partial charge is 0.207 e. The SMILES string of the molecule is Cc1ccc(O)c(C(=O)C2=CNN3C(=N)c4c(oc(-c5ccccc5)c4-c4ccccc4)N[C@H]23)c1. The second-order valence-electron chi connectivity index (χ2n) is 8.59. The number of aromatic hydroxyl groups is 1. The van der Waals surface area contributed by atoms with Gasteiger partial charge in [-0.15, -0.1) is 0 Å². The molecule has 0 saturated heterocycles. The summed E-state index contributed by atoms with van der Waals surface area (Å²) in [7, 11) is 0. The number of fused-ring (bicyclic) bond motifs is 2. The number of carbonyl (C=O) groups excluding carboxylic acids is 1. The lowest BCUT2D eigenvalue weighted by atomic mass is 9.95. The lowest BCUT2D eigenvalue weighted by molar-refractivity contribution is 0.102. The van der Waals surface area contributed by atoms with Crippen molar-refractivity contribution >= 4 is 17.5 Å². The first-order valence-corrected chi connectivity index (χ1v) is 11.3. The van der Waals surface area contributed by atoms with Gasteiger partial charge in [-0.25, -0.2) is 5.01 Å². The highest BCUT2D eigenvalue weighted by Gasteiger charge is 2.43. The van der Waals surface area contributed by atoms with Gasteiger partial charge in [0, 0.05) is 17.3 Å². The predicted octanol–water partition coefficient (Wildman–Crippen LogP) is 5.29. The van der Waals surface area contributed by atoms with Gasteiger partial charge in [-0.1, -0.05) is 72.3 Å². The lowest BCUT2D eigenvalue weighted by Gasteiger charge is -2.33. The van der Waals surface area contributed by atoms with Crippen LogP contribution < -0.4 is 10.7 Å². The molecule has 1 atom stereocenters. The number of Topliss-reactive ketones (excluding diaryl/α,β-unsaturated/α-hetero) is 1. The van der Waals surface area contributed by atoms with Crippen LogP contribution in [0.2, 0.25) is 0 Å². The summed E-state index contributed by atoms with van der Waals surface area (Å²) in [6.45, 7) is 1.86. The number of ketones is 1. The fourth-order valence-corrected chi connectivity index (χ4v) is 4.62. The molecule has 0 aliphatic carbocycles. The number of furan rings is 1.